The Kier molecular flexibility index (Phi) is 3.60. The first-order valence-electron chi connectivity index (χ1n) is 7.77. The maximum absolute atomic E-state index is 10.5. The molecule has 2 N–H and O–H groups in total. The minimum Gasteiger partial charge on any atom is -0.390 e. The summed E-state index contributed by atoms with van der Waals surface area (Å²) in [4.78, 5) is 4.63. The van der Waals surface area contributed by atoms with Gasteiger partial charge in [0.15, 0.2) is 0 Å². The van der Waals surface area contributed by atoms with Crippen LogP contribution < -0.4 is 4.90 Å². The summed E-state index contributed by atoms with van der Waals surface area (Å²) >= 11 is 1.77. The van der Waals surface area contributed by atoms with Crippen molar-refractivity contribution in [2.24, 2.45) is 0 Å². The zero-order valence-electron chi connectivity index (χ0n) is 12.2. The SMILES string of the molecule is O[C@@H]1C(N2c3ccccc3Sc3ccccc32)CCC[C@@H]1O. The summed E-state index contributed by atoms with van der Waals surface area (Å²) in [5.74, 6) is 0. The Labute approximate surface area is 134 Å². The van der Waals surface area contributed by atoms with Gasteiger partial charge in [0, 0.05) is 9.79 Å². The highest BCUT2D eigenvalue weighted by Gasteiger charge is 2.38. The average molecular weight is 313 g/mol. The van der Waals surface area contributed by atoms with E-state index in [1.54, 1.807) is 11.8 Å². The third kappa shape index (κ3) is 2.22. The van der Waals surface area contributed by atoms with E-state index in [9.17, 15) is 10.2 Å². The molecule has 0 amide bonds. The molecule has 1 aliphatic heterocycles. The van der Waals surface area contributed by atoms with E-state index in [4.69, 9.17) is 0 Å². The predicted octanol–water partition coefficient (Wildman–Crippen LogP) is 3.56. The maximum atomic E-state index is 10.5. The van der Waals surface area contributed by atoms with Gasteiger partial charge in [-0.1, -0.05) is 36.0 Å². The van der Waals surface area contributed by atoms with E-state index >= 15 is 0 Å². The van der Waals surface area contributed by atoms with Gasteiger partial charge in [-0.15, -0.1) is 0 Å². The number of aliphatic hydroxyl groups is 2. The number of fused-ring (bicyclic) bond motifs is 2. The highest BCUT2D eigenvalue weighted by Crippen LogP contribution is 2.50. The summed E-state index contributed by atoms with van der Waals surface area (Å²) in [6, 6.07) is 16.5. The number of benzene rings is 2. The zero-order chi connectivity index (χ0) is 15.1. The van der Waals surface area contributed by atoms with Crippen LogP contribution >= 0.6 is 11.8 Å². The van der Waals surface area contributed by atoms with Gasteiger partial charge >= 0.3 is 0 Å². The first-order chi connectivity index (χ1) is 10.8. The number of aliphatic hydroxyl groups excluding tert-OH is 2. The molecule has 3 atom stereocenters. The Morgan fingerprint density at radius 1 is 0.864 bits per heavy atom. The highest BCUT2D eigenvalue weighted by molar-refractivity contribution is 7.99. The van der Waals surface area contributed by atoms with Gasteiger partial charge in [-0.05, 0) is 43.5 Å². The van der Waals surface area contributed by atoms with Gasteiger partial charge in [0.2, 0.25) is 0 Å². The number of hydrogen-bond donors (Lipinski definition) is 2. The van der Waals surface area contributed by atoms with E-state index in [2.05, 4.69) is 29.2 Å². The lowest BCUT2D eigenvalue weighted by Gasteiger charge is -2.44. The van der Waals surface area contributed by atoms with Gasteiger partial charge in [0.25, 0.3) is 0 Å². The van der Waals surface area contributed by atoms with Crippen LogP contribution in [0, 0.1) is 0 Å². The van der Waals surface area contributed by atoms with E-state index in [1.807, 2.05) is 24.3 Å². The number of nitrogens with zero attached hydrogens (tertiary/aromatic N) is 1. The molecule has 114 valence electrons. The van der Waals surface area contributed by atoms with Crippen molar-refractivity contribution in [1.29, 1.82) is 0 Å². The Bertz CT molecular complexity index is 645. The lowest BCUT2D eigenvalue weighted by atomic mass is 9.88. The fourth-order valence-corrected chi connectivity index (χ4v) is 4.58. The first kappa shape index (κ1) is 14.1. The molecule has 0 radical (unpaired) electrons. The molecule has 3 nitrogen and oxygen atoms in total. The molecule has 4 heteroatoms. The largest absolute Gasteiger partial charge is 0.390 e. The second-order valence-electron chi connectivity index (χ2n) is 5.96. The highest BCUT2D eigenvalue weighted by atomic mass is 32.2. The lowest BCUT2D eigenvalue weighted by Crippen LogP contribution is -2.50. The van der Waals surface area contributed by atoms with Gasteiger partial charge in [-0.3, -0.25) is 0 Å². The lowest BCUT2D eigenvalue weighted by molar-refractivity contribution is -0.0206. The molecule has 0 bridgehead atoms. The molecule has 2 aromatic rings. The Morgan fingerprint density at radius 2 is 1.45 bits per heavy atom. The number of rotatable bonds is 1. The van der Waals surface area contributed by atoms with E-state index in [-0.39, 0.29) is 6.04 Å². The summed E-state index contributed by atoms with van der Waals surface area (Å²) < 4.78 is 0. The van der Waals surface area contributed by atoms with Crippen LogP contribution in [0.15, 0.2) is 58.3 Å². The molecular weight excluding hydrogens is 294 g/mol. The van der Waals surface area contributed by atoms with Crippen LogP contribution in [-0.4, -0.2) is 28.5 Å². The maximum Gasteiger partial charge on any atom is 0.101 e. The number of para-hydroxylation sites is 2. The van der Waals surface area contributed by atoms with Gasteiger partial charge in [0.05, 0.1) is 23.5 Å². The van der Waals surface area contributed by atoms with Gasteiger partial charge < -0.3 is 15.1 Å². The first-order valence-corrected chi connectivity index (χ1v) is 8.58. The molecule has 0 aromatic heterocycles. The molecule has 1 heterocycles. The van der Waals surface area contributed by atoms with Crippen molar-refractivity contribution in [2.45, 2.75) is 47.3 Å². The van der Waals surface area contributed by atoms with Crippen LogP contribution in [0.4, 0.5) is 11.4 Å². The number of hydrogen-bond acceptors (Lipinski definition) is 4. The fraction of sp³-hybridized carbons (Fsp3) is 0.333. The monoisotopic (exact) mass is 313 g/mol. The smallest absolute Gasteiger partial charge is 0.101 e. The second kappa shape index (κ2) is 5.61. The molecule has 2 aromatic carbocycles. The van der Waals surface area contributed by atoms with E-state index < -0.39 is 12.2 Å². The van der Waals surface area contributed by atoms with Crippen LogP contribution in [0.3, 0.4) is 0 Å². The Balaban J connectivity index is 1.84. The van der Waals surface area contributed by atoms with Crippen molar-refractivity contribution in [3.8, 4) is 0 Å². The van der Waals surface area contributed by atoms with Gasteiger partial charge in [0.1, 0.15) is 6.10 Å². The van der Waals surface area contributed by atoms with E-state index in [0.29, 0.717) is 6.42 Å². The fourth-order valence-electron chi connectivity index (χ4n) is 3.51. The topological polar surface area (TPSA) is 43.7 Å². The third-order valence-electron chi connectivity index (χ3n) is 4.59. The van der Waals surface area contributed by atoms with Crippen molar-refractivity contribution in [3.05, 3.63) is 48.5 Å². The third-order valence-corrected chi connectivity index (χ3v) is 5.72. The summed E-state index contributed by atoms with van der Waals surface area (Å²) in [6.45, 7) is 0. The van der Waals surface area contributed by atoms with Gasteiger partial charge in [-0.2, -0.15) is 0 Å². The van der Waals surface area contributed by atoms with Crippen LogP contribution in [0.5, 0.6) is 0 Å². The van der Waals surface area contributed by atoms with Crippen molar-refractivity contribution in [1.82, 2.24) is 0 Å². The van der Waals surface area contributed by atoms with Crippen LogP contribution in [0.2, 0.25) is 0 Å². The van der Waals surface area contributed by atoms with Crippen LogP contribution in [-0.2, 0) is 0 Å². The molecule has 0 spiro atoms. The van der Waals surface area contributed by atoms with Gasteiger partial charge in [-0.25, -0.2) is 0 Å². The molecule has 22 heavy (non-hydrogen) atoms. The van der Waals surface area contributed by atoms with Crippen molar-refractivity contribution >= 4 is 23.1 Å². The van der Waals surface area contributed by atoms with Crippen LogP contribution in [0.1, 0.15) is 19.3 Å². The molecule has 1 unspecified atom stereocenters. The Morgan fingerprint density at radius 3 is 2.09 bits per heavy atom. The molecule has 1 saturated carbocycles. The minimum atomic E-state index is -0.710. The molecule has 1 aliphatic carbocycles. The van der Waals surface area contributed by atoms with E-state index in [1.165, 1.54) is 9.79 Å². The second-order valence-corrected chi connectivity index (χ2v) is 7.05. The molecular formula is C18H19NO2S. The van der Waals surface area contributed by atoms with Crippen molar-refractivity contribution in [3.63, 3.8) is 0 Å². The van der Waals surface area contributed by atoms with E-state index in [0.717, 1.165) is 24.2 Å². The normalized spacial score (nSPS) is 27.2. The van der Waals surface area contributed by atoms with Crippen molar-refractivity contribution < 1.29 is 10.2 Å². The predicted molar refractivity (Wildman–Crippen MR) is 88.8 cm³/mol. The minimum absolute atomic E-state index is 0.0769. The van der Waals surface area contributed by atoms with Crippen LogP contribution in [0.25, 0.3) is 0 Å². The Hall–Kier alpha value is -1.49. The molecule has 2 aliphatic rings. The van der Waals surface area contributed by atoms with Crippen molar-refractivity contribution in [2.75, 3.05) is 4.90 Å². The average Bonchev–Trinajstić information content (AvgIpc) is 2.55. The summed E-state index contributed by atoms with van der Waals surface area (Å²) in [6.07, 6.45) is 1.18. The summed E-state index contributed by atoms with van der Waals surface area (Å²) in [7, 11) is 0. The zero-order valence-corrected chi connectivity index (χ0v) is 13.0. The summed E-state index contributed by atoms with van der Waals surface area (Å²) in [5, 5.41) is 20.6. The standard InChI is InChI=1S/C18H19NO2S/c20-15-9-5-8-14(18(15)21)19-12-6-1-3-10-16(12)22-17-11-4-2-7-13(17)19/h1-4,6-7,10-11,14-15,18,20-21H,5,8-9H2/t14?,15-,18+/m0/s1. The quantitative estimate of drug-likeness (QED) is 0.845. The molecule has 0 saturated heterocycles. The molecule has 1 fully saturated rings. The summed E-state index contributed by atoms with van der Waals surface area (Å²) in [5.41, 5.74) is 2.26. The number of anilines is 2. The molecule has 4 rings (SSSR count).